The van der Waals surface area contributed by atoms with Crippen LogP contribution in [0, 0.1) is 6.92 Å². The first kappa shape index (κ1) is 21.3. The van der Waals surface area contributed by atoms with Gasteiger partial charge in [-0.2, -0.15) is 4.31 Å². The molecular formula is C14H23ClN2O5S2. The van der Waals surface area contributed by atoms with E-state index in [4.69, 9.17) is 15.2 Å². The Kier molecular flexibility index (Phi) is 7.64. The van der Waals surface area contributed by atoms with E-state index < -0.39 is 16.0 Å². The second-order valence-electron chi connectivity index (χ2n) is 5.46. The number of hydrogen-bond donors (Lipinski definition) is 1. The molecule has 2 N–H and O–H groups in total. The number of piperidine rings is 1. The predicted molar refractivity (Wildman–Crippen MR) is 94.4 cm³/mol. The molecule has 1 saturated heterocycles. The number of hydrogen-bond acceptors (Lipinski definition) is 7. The van der Waals surface area contributed by atoms with Gasteiger partial charge in [-0.15, -0.1) is 23.7 Å². The molecular weight excluding hydrogens is 376 g/mol. The lowest BCUT2D eigenvalue weighted by Gasteiger charge is -2.37. The van der Waals surface area contributed by atoms with Crippen molar-refractivity contribution in [1.29, 1.82) is 0 Å². The molecule has 1 aliphatic rings. The second kappa shape index (κ2) is 8.59. The first-order valence-corrected chi connectivity index (χ1v) is 9.59. The van der Waals surface area contributed by atoms with Crippen molar-refractivity contribution in [2.75, 3.05) is 27.3 Å². The van der Waals surface area contributed by atoms with Crippen LogP contribution in [0.4, 0.5) is 0 Å². The molecule has 1 aromatic heterocycles. The van der Waals surface area contributed by atoms with Crippen molar-refractivity contribution in [2.24, 2.45) is 5.73 Å². The zero-order valence-corrected chi connectivity index (χ0v) is 16.3. The minimum Gasteiger partial charge on any atom is -0.465 e. The maximum absolute atomic E-state index is 13.1. The lowest BCUT2D eigenvalue weighted by Crippen LogP contribution is -2.51. The highest BCUT2D eigenvalue weighted by molar-refractivity contribution is 7.89. The topological polar surface area (TPSA) is 98.9 Å². The molecule has 1 aliphatic heterocycles. The molecule has 24 heavy (non-hydrogen) atoms. The van der Waals surface area contributed by atoms with Gasteiger partial charge in [0, 0.05) is 26.2 Å². The van der Waals surface area contributed by atoms with Crippen LogP contribution >= 0.6 is 23.7 Å². The molecule has 7 nitrogen and oxygen atoms in total. The Morgan fingerprint density at radius 3 is 2.67 bits per heavy atom. The lowest BCUT2D eigenvalue weighted by molar-refractivity contribution is 0.0400. The minimum atomic E-state index is -3.82. The van der Waals surface area contributed by atoms with Gasteiger partial charge in [0.1, 0.15) is 9.77 Å². The number of aryl methyl sites for hydroxylation is 1. The molecule has 0 spiro atoms. The summed E-state index contributed by atoms with van der Waals surface area (Å²) in [6.07, 6.45) is 1.14. The molecule has 2 atom stereocenters. The minimum absolute atomic E-state index is 0. The van der Waals surface area contributed by atoms with E-state index in [-0.39, 0.29) is 40.9 Å². The van der Waals surface area contributed by atoms with Crippen LogP contribution in [0.2, 0.25) is 0 Å². The normalized spacial score (nSPS) is 22.0. The molecule has 2 unspecified atom stereocenters. The Bertz CT molecular complexity index is 677. The number of carbonyl (C=O) groups is 1. The quantitative estimate of drug-likeness (QED) is 0.752. The summed E-state index contributed by atoms with van der Waals surface area (Å²) in [5.41, 5.74) is 6.31. The maximum Gasteiger partial charge on any atom is 0.349 e. The molecule has 0 saturated carbocycles. The van der Waals surface area contributed by atoms with Gasteiger partial charge in [-0.05, 0) is 30.7 Å². The fraction of sp³-hybridized carbons (Fsp3) is 0.643. The monoisotopic (exact) mass is 398 g/mol. The van der Waals surface area contributed by atoms with Crippen molar-refractivity contribution in [3.63, 3.8) is 0 Å². The van der Waals surface area contributed by atoms with Gasteiger partial charge in [0.2, 0.25) is 10.0 Å². The Morgan fingerprint density at radius 2 is 2.12 bits per heavy atom. The van der Waals surface area contributed by atoms with Crippen molar-refractivity contribution in [1.82, 2.24) is 4.31 Å². The van der Waals surface area contributed by atoms with Crippen LogP contribution in [0.5, 0.6) is 0 Å². The molecule has 0 aromatic carbocycles. The number of sulfonamides is 1. The molecule has 2 heterocycles. The molecule has 2 rings (SSSR count). The van der Waals surface area contributed by atoms with Gasteiger partial charge in [-0.3, -0.25) is 0 Å². The Hall–Kier alpha value is -0.710. The standard InChI is InChI=1S/C14H22N2O5S2.ClH/c1-9-8-22-12(14(17)21-3)13(9)23(18,19)16-5-4-11(20-2)6-10(16)7-15;/h8,10-11H,4-7,15H2,1-3H3;1H. The van der Waals surface area contributed by atoms with Crippen LogP contribution in [-0.2, 0) is 19.5 Å². The first-order chi connectivity index (χ1) is 10.9. The number of ether oxygens (including phenoxy) is 2. The number of methoxy groups -OCH3 is 2. The zero-order valence-electron chi connectivity index (χ0n) is 13.9. The van der Waals surface area contributed by atoms with Gasteiger partial charge in [0.05, 0.1) is 13.2 Å². The van der Waals surface area contributed by atoms with E-state index in [1.54, 1.807) is 19.4 Å². The highest BCUT2D eigenvalue weighted by Crippen LogP contribution is 2.33. The fourth-order valence-electron chi connectivity index (χ4n) is 2.84. The number of esters is 1. The smallest absolute Gasteiger partial charge is 0.349 e. The van der Waals surface area contributed by atoms with Crippen LogP contribution < -0.4 is 5.73 Å². The number of rotatable bonds is 5. The van der Waals surface area contributed by atoms with Gasteiger partial charge in [-0.25, -0.2) is 13.2 Å². The first-order valence-electron chi connectivity index (χ1n) is 7.27. The largest absolute Gasteiger partial charge is 0.465 e. The van der Waals surface area contributed by atoms with Gasteiger partial charge in [0.25, 0.3) is 0 Å². The van der Waals surface area contributed by atoms with Crippen molar-refractivity contribution in [3.8, 4) is 0 Å². The summed E-state index contributed by atoms with van der Waals surface area (Å²) in [5.74, 6) is -0.641. The average molecular weight is 399 g/mol. The van der Waals surface area contributed by atoms with Gasteiger partial charge < -0.3 is 15.2 Å². The maximum atomic E-state index is 13.1. The van der Waals surface area contributed by atoms with Crippen molar-refractivity contribution >= 4 is 39.7 Å². The van der Waals surface area contributed by atoms with E-state index in [0.717, 1.165) is 11.3 Å². The Labute approximate surface area is 152 Å². The molecule has 138 valence electrons. The number of halogens is 1. The zero-order chi connectivity index (χ0) is 17.2. The van der Waals surface area contributed by atoms with E-state index in [0.29, 0.717) is 24.9 Å². The van der Waals surface area contributed by atoms with Gasteiger partial charge in [-0.1, -0.05) is 0 Å². The van der Waals surface area contributed by atoms with Crippen molar-refractivity contribution in [2.45, 2.75) is 36.8 Å². The Morgan fingerprint density at radius 1 is 1.46 bits per heavy atom. The lowest BCUT2D eigenvalue weighted by atomic mass is 10.0. The third-order valence-corrected chi connectivity index (χ3v) is 7.42. The summed E-state index contributed by atoms with van der Waals surface area (Å²) in [6, 6.07) is -0.344. The predicted octanol–water partition coefficient (Wildman–Crippen LogP) is 1.39. The SMILES string of the molecule is COC(=O)c1scc(C)c1S(=O)(=O)N1CCC(OC)CC1CN.Cl. The highest BCUT2D eigenvalue weighted by Gasteiger charge is 2.39. The molecule has 0 amide bonds. The molecule has 1 aromatic rings. The van der Waals surface area contributed by atoms with Crippen LogP contribution in [0.1, 0.15) is 28.1 Å². The van der Waals surface area contributed by atoms with Crippen molar-refractivity contribution < 1.29 is 22.7 Å². The fourth-order valence-corrected chi connectivity index (χ4v) is 6.17. The van der Waals surface area contributed by atoms with E-state index in [2.05, 4.69) is 0 Å². The number of nitrogens with two attached hydrogens (primary N) is 1. The summed E-state index contributed by atoms with van der Waals surface area (Å²) >= 11 is 1.08. The summed E-state index contributed by atoms with van der Waals surface area (Å²) in [5, 5.41) is 1.65. The van der Waals surface area contributed by atoms with E-state index in [9.17, 15) is 13.2 Å². The molecule has 0 radical (unpaired) electrons. The third-order valence-electron chi connectivity index (χ3n) is 4.07. The Balaban J connectivity index is 0.00000288. The third kappa shape index (κ3) is 3.92. The second-order valence-corrected chi connectivity index (χ2v) is 8.16. The van der Waals surface area contributed by atoms with Crippen LogP contribution in [0.15, 0.2) is 10.3 Å². The number of thiophene rings is 1. The van der Waals surface area contributed by atoms with E-state index >= 15 is 0 Å². The van der Waals surface area contributed by atoms with Gasteiger partial charge in [0.15, 0.2) is 0 Å². The van der Waals surface area contributed by atoms with Crippen molar-refractivity contribution in [3.05, 3.63) is 15.8 Å². The van der Waals surface area contributed by atoms with E-state index in [1.807, 2.05) is 0 Å². The number of carbonyl (C=O) groups excluding carboxylic acids is 1. The molecule has 10 heteroatoms. The summed E-state index contributed by atoms with van der Waals surface area (Å²) in [6.45, 7) is 2.20. The molecule has 0 bridgehead atoms. The van der Waals surface area contributed by atoms with E-state index in [1.165, 1.54) is 11.4 Å². The summed E-state index contributed by atoms with van der Waals surface area (Å²) < 4.78 is 37.6. The molecule has 1 fully saturated rings. The van der Waals surface area contributed by atoms with Crippen LogP contribution in [0.3, 0.4) is 0 Å². The highest BCUT2D eigenvalue weighted by atomic mass is 35.5. The summed E-state index contributed by atoms with van der Waals surface area (Å²) in [7, 11) is -0.972. The van der Waals surface area contributed by atoms with Crippen LogP contribution in [-0.4, -0.2) is 58.1 Å². The van der Waals surface area contributed by atoms with Crippen LogP contribution in [0.25, 0.3) is 0 Å². The number of nitrogens with zero attached hydrogens (tertiary/aromatic N) is 1. The molecule has 0 aliphatic carbocycles. The van der Waals surface area contributed by atoms with Gasteiger partial charge >= 0.3 is 5.97 Å². The summed E-state index contributed by atoms with van der Waals surface area (Å²) in [4.78, 5) is 12.0. The average Bonchev–Trinajstić information content (AvgIpc) is 2.95.